The first-order valence-electron chi connectivity index (χ1n) is 7.15. The SMILES string of the molecule is CCCSc1nnc(NC(=O)c2cccc(NS(C)(=O)=O)c2C)s1. The Morgan fingerprint density at radius 1 is 1.33 bits per heavy atom. The number of rotatable bonds is 7. The van der Waals surface area contributed by atoms with Crippen molar-refractivity contribution in [2.24, 2.45) is 0 Å². The van der Waals surface area contributed by atoms with Crippen LogP contribution in [-0.2, 0) is 10.0 Å². The van der Waals surface area contributed by atoms with Crippen LogP contribution in [-0.4, -0.2) is 36.5 Å². The molecule has 130 valence electrons. The van der Waals surface area contributed by atoms with Crippen LogP contribution in [0.2, 0.25) is 0 Å². The topological polar surface area (TPSA) is 101 Å². The summed E-state index contributed by atoms with van der Waals surface area (Å²) in [5.74, 6) is 0.591. The van der Waals surface area contributed by atoms with Crippen molar-refractivity contribution in [3.63, 3.8) is 0 Å². The summed E-state index contributed by atoms with van der Waals surface area (Å²) < 4.78 is 26.0. The van der Waals surface area contributed by atoms with Crippen LogP contribution in [0, 0.1) is 6.92 Å². The van der Waals surface area contributed by atoms with Gasteiger partial charge in [0.1, 0.15) is 0 Å². The van der Waals surface area contributed by atoms with Gasteiger partial charge in [0.15, 0.2) is 4.34 Å². The van der Waals surface area contributed by atoms with Crippen molar-refractivity contribution in [2.75, 3.05) is 22.0 Å². The number of benzene rings is 1. The predicted octanol–water partition coefficient (Wildman–Crippen LogP) is 2.97. The van der Waals surface area contributed by atoms with Crippen LogP contribution in [0.4, 0.5) is 10.8 Å². The molecule has 0 aliphatic heterocycles. The highest BCUT2D eigenvalue weighted by atomic mass is 32.2. The van der Waals surface area contributed by atoms with Crippen molar-refractivity contribution in [1.29, 1.82) is 0 Å². The van der Waals surface area contributed by atoms with Gasteiger partial charge in [-0.3, -0.25) is 14.8 Å². The minimum atomic E-state index is -3.41. The maximum absolute atomic E-state index is 12.4. The van der Waals surface area contributed by atoms with Crippen molar-refractivity contribution in [1.82, 2.24) is 10.2 Å². The van der Waals surface area contributed by atoms with Gasteiger partial charge in [0.05, 0.1) is 11.9 Å². The molecule has 1 aromatic carbocycles. The molecule has 0 spiro atoms. The summed E-state index contributed by atoms with van der Waals surface area (Å²) in [7, 11) is -3.41. The van der Waals surface area contributed by atoms with Gasteiger partial charge >= 0.3 is 0 Å². The number of nitrogens with one attached hydrogen (secondary N) is 2. The van der Waals surface area contributed by atoms with Gasteiger partial charge in [-0.25, -0.2) is 8.42 Å². The van der Waals surface area contributed by atoms with Crippen LogP contribution < -0.4 is 10.0 Å². The monoisotopic (exact) mass is 386 g/mol. The van der Waals surface area contributed by atoms with Crippen molar-refractivity contribution in [2.45, 2.75) is 24.6 Å². The summed E-state index contributed by atoms with van der Waals surface area (Å²) in [6.45, 7) is 3.77. The van der Waals surface area contributed by atoms with Crippen molar-refractivity contribution >= 4 is 49.8 Å². The summed E-state index contributed by atoms with van der Waals surface area (Å²) >= 11 is 2.91. The fourth-order valence-corrected chi connectivity index (χ4v) is 4.16. The quantitative estimate of drug-likeness (QED) is 0.560. The summed E-state index contributed by atoms with van der Waals surface area (Å²) in [6.07, 6.45) is 2.10. The van der Waals surface area contributed by atoms with Crippen LogP contribution in [0.25, 0.3) is 0 Å². The minimum Gasteiger partial charge on any atom is -0.296 e. The molecule has 10 heteroatoms. The van der Waals surface area contributed by atoms with Gasteiger partial charge in [0.2, 0.25) is 15.2 Å². The number of carbonyl (C=O) groups excluding carboxylic acids is 1. The molecule has 0 fully saturated rings. The number of sulfonamides is 1. The lowest BCUT2D eigenvalue weighted by molar-refractivity contribution is 0.102. The number of hydrogen-bond donors (Lipinski definition) is 2. The summed E-state index contributed by atoms with van der Waals surface area (Å²) in [5.41, 5.74) is 1.30. The normalized spacial score (nSPS) is 11.3. The van der Waals surface area contributed by atoms with E-state index < -0.39 is 10.0 Å². The molecule has 0 saturated carbocycles. The Morgan fingerprint density at radius 2 is 2.08 bits per heavy atom. The smallest absolute Gasteiger partial charge is 0.257 e. The highest BCUT2D eigenvalue weighted by Crippen LogP contribution is 2.27. The molecule has 0 saturated heterocycles. The van der Waals surface area contributed by atoms with Crippen LogP contribution >= 0.6 is 23.1 Å². The molecule has 0 unspecified atom stereocenters. The van der Waals surface area contributed by atoms with E-state index in [9.17, 15) is 13.2 Å². The van der Waals surface area contributed by atoms with E-state index in [0.29, 0.717) is 21.9 Å². The summed E-state index contributed by atoms with van der Waals surface area (Å²) in [4.78, 5) is 12.4. The van der Waals surface area contributed by atoms with E-state index in [1.165, 1.54) is 11.3 Å². The second kappa shape index (κ2) is 7.95. The van der Waals surface area contributed by atoms with E-state index >= 15 is 0 Å². The van der Waals surface area contributed by atoms with Crippen molar-refractivity contribution in [3.8, 4) is 0 Å². The molecule has 2 N–H and O–H groups in total. The van der Waals surface area contributed by atoms with Gasteiger partial charge in [-0.2, -0.15) is 0 Å². The largest absolute Gasteiger partial charge is 0.296 e. The Hall–Kier alpha value is -1.65. The van der Waals surface area contributed by atoms with E-state index in [1.807, 2.05) is 0 Å². The van der Waals surface area contributed by atoms with E-state index in [0.717, 1.165) is 22.8 Å². The van der Waals surface area contributed by atoms with Crippen molar-refractivity contribution in [3.05, 3.63) is 29.3 Å². The third-order valence-corrected chi connectivity index (χ3v) is 5.70. The number of hydrogen-bond acceptors (Lipinski definition) is 7. The van der Waals surface area contributed by atoms with Gasteiger partial charge in [0.25, 0.3) is 5.91 Å². The highest BCUT2D eigenvalue weighted by Gasteiger charge is 2.15. The van der Waals surface area contributed by atoms with Gasteiger partial charge in [-0.1, -0.05) is 36.1 Å². The first-order chi connectivity index (χ1) is 11.3. The standard InChI is InChI=1S/C14H18N4O3S3/c1-4-8-22-14-17-16-13(23-14)15-12(19)10-6-5-7-11(9(10)2)18-24(3,20)21/h5-7,18H,4,8H2,1-3H3,(H,15,16,19). The Kier molecular flexibility index (Phi) is 6.19. The minimum absolute atomic E-state index is 0.354. The molecule has 24 heavy (non-hydrogen) atoms. The highest BCUT2D eigenvalue weighted by molar-refractivity contribution is 8.01. The number of amides is 1. The van der Waals surface area contributed by atoms with Crippen LogP contribution in [0.3, 0.4) is 0 Å². The zero-order chi connectivity index (χ0) is 17.7. The van der Waals surface area contributed by atoms with Crippen LogP contribution in [0.15, 0.2) is 22.5 Å². The van der Waals surface area contributed by atoms with E-state index in [4.69, 9.17) is 0 Å². The number of anilines is 2. The van der Waals surface area contributed by atoms with Crippen LogP contribution in [0.1, 0.15) is 29.3 Å². The second-order valence-corrected chi connectivity index (χ2v) is 9.10. The molecular weight excluding hydrogens is 368 g/mol. The molecule has 2 rings (SSSR count). The first kappa shape index (κ1) is 18.7. The molecule has 7 nitrogen and oxygen atoms in total. The number of aromatic nitrogens is 2. The maximum atomic E-state index is 12.4. The van der Waals surface area contributed by atoms with Crippen molar-refractivity contribution < 1.29 is 13.2 Å². The van der Waals surface area contributed by atoms with E-state index in [2.05, 4.69) is 27.2 Å². The fourth-order valence-electron chi connectivity index (χ4n) is 1.86. The summed E-state index contributed by atoms with van der Waals surface area (Å²) in [5, 5.41) is 11.1. The third-order valence-electron chi connectivity index (χ3n) is 2.93. The Balaban J connectivity index is 2.15. The molecular formula is C14H18N4O3S3. The molecule has 1 heterocycles. The Bertz CT molecular complexity index is 834. The maximum Gasteiger partial charge on any atom is 0.257 e. The molecule has 0 atom stereocenters. The molecule has 2 aromatic rings. The predicted molar refractivity (Wildman–Crippen MR) is 98.5 cm³/mol. The molecule has 0 bridgehead atoms. The van der Waals surface area contributed by atoms with Gasteiger partial charge in [0, 0.05) is 11.3 Å². The van der Waals surface area contributed by atoms with Gasteiger partial charge < -0.3 is 0 Å². The Morgan fingerprint density at radius 3 is 2.75 bits per heavy atom. The fraction of sp³-hybridized carbons (Fsp3) is 0.357. The first-order valence-corrected chi connectivity index (χ1v) is 10.8. The zero-order valence-corrected chi connectivity index (χ0v) is 15.9. The number of thioether (sulfide) groups is 1. The number of carbonyl (C=O) groups is 1. The van der Waals surface area contributed by atoms with E-state index in [-0.39, 0.29) is 5.91 Å². The molecule has 1 amide bonds. The number of nitrogens with zero attached hydrogens (tertiary/aromatic N) is 2. The molecule has 1 aromatic heterocycles. The lowest BCUT2D eigenvalue weighted by atomic mass is 10.1. The van der Waals surface area contributed by atoms with Crippen LogP contribution in [0.5, 0.6) is 0 Å². The summed E-state index contributed by atoms with van der Waals surface area (Å²) in [6, 6.07) is 4.86. The zero-order valence-electron chi connectivity index (χ0n) is 13.5. The third kappa shape index (κ3) is 5.18. The molecule has 0 radical (unpaired) electrons. The Labute approximate surface area is 149 Å². The molecule has 0 aliphatic carbocycles. The average molecular weight is 387 g/mol. The van der Waals surface area contributed by atoms with Gasteiger partial charge in [-0.15, -0.1) is 10.2 Å². The lowest BCUT2D eigenvalue weighted by Gasteiger charge is -2.11. The second-order valence-electron chi connectivity index (χ2n) is 5.03. The van der Waals surface area contributed by atoms with Gasteiger partial charge in [-0.05, 0) is 31.0 Å². The average Bonchev–Trinajstić information content (AvgIpc) is 2.93. The molecule has 0 aliphatic rings. The lowest BCUT2D eigenvalue weighted by Crippen LogP contribution is -2.16. The van der Waals surface area contributed by atoms with E-state index in [1.54, 1.807) is 36.9 Å².